The van der Waals surface area contributed by atoms with E-state index in [1.807, 2.05) is 13.0 Å². The molecule has 11 heteroatoms. The molecule has 29 heavy (non-hydrogen) atoms. The number of rotatable bonds is 14. The van der Waals surface area contributed by atoms with Gasteiger partial charge in [-0.1, -0.05) is 24.6 Å². The molecule has 0 saturated carbocycles. The monoisotopic (exact) mass is 430 g/mol. The number of nitrogens with two attached hydrogens (primary N) is 1. The molecule has 2 amide bonds. The number of halogens is 1. The van der Waals surface area contributed by atoms with Gasteiger partial charge in [-0.25, -0.2) is 11.4 Å². The number of hydrogen-bond acceptors (Lipinski definition) is 8. The zero-order valence-electron chi connectivity index (χ0n) is 17.1. The lowest BCUT2D eigenvalue weighted by Crippen LogP contribution is -2.44. The maximum Gasteiger partial charge on any atom is 0.273 e. The fourth-order valence-corrected chi connectivity index (χ4v) is 2.48. The van der Waals surface area contributed by atoms with Crippen molar-refractivity contribution >= 4 is 23.9 Å². The van der Waals surface area contributed by atoms with Crippen LogP contribution >= 0.6 is 11.6 Å². The van der Waals surface area contributed by atoms with Crippen LogP contribution in [0.1, 0.15) is 19.8 Å². The Bertz CT molecular complexity index is 625. The van der Waals surface area contributed by atoms with Gasteiger partial charge in [0.2, 0.25) is 6.41 Å². The van der Waals surface area contributed by atoms with E-state index in [0.29, 0.717) is 44.2 Å². The molecular weight excluding hydrogens is 400 g/mol. The van der Waals surface area contributed by atoms with E-state index in [0.717, 1.165) is 6.42 Å². The number of carbonyl (C=O) groups is 2. The third-order valence-electron chi connectivity index (χ3n) is 3.96. The van der Waals surface area contributed by atoms with Gasteiger partial charge >= 0.3 is 0 Å². The average Bonchev–Trinajstić information content (AvgIpc) is 2.73. The molecule has 10 nitrogen and oxygen atoms in total. The van der Waals surface area contributed by atoms with Crippen LogP contribution in [0.4, 0.5) is 0 Å². The average molecular weight is 431 g/mol. The van der Waals surface area contributed by atoms with E-state index in [1.54, 1.807) is 19.3 Å². The SMILES string of the molecule is CCCON/C(=C(\NCC1C=CC(Cl)=CN1)C(=O)N(C)CCCON)N(C)C=O. The molecule has 0 aromatic carbocycles. The minimum atomic E-state index is -0.313. The first-order chi connectivity index (χ1) is 13.9. The van der Waals surface area contributed by atoms with Crippen LogP contribution in [0.2, 0.25) is 0 Å². The second-order valence-electron chi connectivity index (χ2n) is 6.38. The number of nitrogens with zero attached hydrogens (tertiary/aromatic N) is 2. The van der Waals surface area contributed by atoms with E-state index in [-0.39, 0.29) is 23.5 Å². The predicted octanol–water partition coefficient (Wildman–Crippen LogP) is 0.112. The number of hydrogen-bond donors (Lipinski definition) is 4. The third-order valence-corrected chi connectivity index (χ3v) is 4.20. The third kappa shape index (κ3) is 8.73. The highest BCUT2D eigenvalue weighted by atomic mass is 35.5. The summed E-state index contributed by atoms with van der Waals surface area (Å²) in [7, 11) is 3.19. The van der Waals surface area contributed by atoms with Crippen LogP contribution in [0.15, 0.2) is 34.9 Å². The Balaban J connectivity index is 3.03. The molecule has 1 aliphatic heterocycles. The minimum absolute atomic E-state index is 0.0874. The van der Waals surface area contributed by atoms with Crippen molar-refractivity contribution in [1.82, 2.24) is 25.9 Å². The van der Waals surface area contributed by atoms with E-state index in [4.69, 9.17) is 22.3 Å². The molecule has 0 fully saturated rings. The zero-order chi connectivity index (χ0) is 21.6. The molecule has 0 aliphatic carbocycles. The molecule has 1 rings (SSSR count). The second kappa shape index (κ2) is 13.8. The van der Waals surface area contributed by atoms with E-state index in [2.05, 4.69) is 21.0 Å². The summed E-state index contributed by atoms with van der Waals surface area (Å²) >= 11 is 5.91. The van der Waals surface area contributed by atoms with Gasteiger partial charge in [-0.05, 0) is 18.9 Å². The normalized spacial score (nSPS) is 16.3. The summed E-state index contributed by atoms with van der Waals surface area (Å²) in [6.07, 6.45) is 7.26. The Morgan fingerprint density at radius 1 is 1.41 bits per heavy atom. The number of carbonyl (C=O) groups excluding carboxylic acids is 2. The highest BCUT2D eigenvalue weighted by molar-refractivity contribution is 6.31. The van der Waals surface area contributed by atoms with Crippen molar-refractivity contribution in [2.45, 2.75) is 25.8 Å². The van der Waals surface area contributed by atoms with E-state index in [1.165, 1.54) is 16.8 Å². The van der Waals surface area contributed by atoms with Crippen molar-refractivity contribution in [2.75, 3.05) is 40.4 Å². The summed E-state index contributed by atoms with van der Waals surface area (Å²) in [5.74, 6) is 4.94. The van der Waals surface area contributed by atoms with Crippen LogP contribution in [0, 0.1) is 0 Å². The molecule has 164 valence electrons. The molecule has 0 spiro atoms. The molecule has 0 radical (unpaired) electrons. The quantitative estimate of drug-likeness (QED) is 0.133. The second-order valence-corrected chi connectivity index (χ2v) is 6.82. The molecule has 0 aromatic rings. The Morgan fingerprint density at radius 2 is 2.17 bits per heavy atom. The lowest BCUT2D eigenvalue weighted by Gasteiger charge is -2.27. The highest BCUT2D eigenvalue weighted by Crippen LogP contribution is 2.10. The number of hydroxylamine groups is 1. The lowest BCUT2D eigenvalue weighted by atomic mass is 10.2. The molecule has 0 bridgehead atoms. The van der Waals surface area contributed by atoms with Crippen molar-refractivity contribution in [3.63, 3.8) is 0 Å². The van der Waals surface area contributed by atoms with Gasteiger partial charge in [0.1, 0.15) is 5.70 Å². The standard InChI is InChI=1S/C18H31ClN6O4/c1-4-9-29-23-17(25(3)13-26)16(18(27)24(2)8-5-10-28-20)22-12-15-7-6-14(19)11-21-15/h6-7,11,13,15,21-23H,4-5,8-10,12,20H2,1-3H3/b17-16+. The first-order valence-electron chi connectivity index (χ1n) is 9.35. The van der Waals surface area contributed by atoms with Crippen LogP contribution in [0.25, 0.3) is 0 Å². The Morgan fingerprint density at radius 3 is 2.76 bits per heavy atom. The molecule has 5 N–H and O–H groups in total. The van der Waals surface area contributed by atoms with Crippen LogP contribution in [-0.4, -0.2) is 68.6 Å². The van der Waals surface area contributed by atoms with Gasteiger partial charge in [0.15, 0.2) is 5.82 Å². The van der Waals surface area contributed by atoms with E-state index < -0.39 is 0 Å². The fourth-order valence-electron chi connectivity index (χ4n) is 2.35. The van der Waals surface area contributed by atoms with Crippen LogP contribution in [0.5, 0.6) is 0 Å². The van der Waals surface area contributed by atoms with Gasteiger partial charge in [-0.15, -0.1) is 0 Å². The van der Waals surface area contributed by atoms with Crippen molar-refractivity contribution < 1.29 is 19.3 Å². The number of amides is 2. The van der Waals surface area contributed by atoms with Crippen molar-refractivity contribution in [2.24, 2.45) is 5.90 Å². The van der Waals surface area contributed by atoms with Gasteiger partial charge < -0.3 is 25.3 Å². The van der Waals surface area contributed by atoms with Gasteiger partial charge in [-0.3, -0.25) is 14.4 Å². The zero-order valence-corrected chi connectivity index (χ0v) is 17.9. The largest absolute Gasteiger partial charge is 0.382 e. The summed E-state index contributed by atoms with van der Waals surface area (Å²) in [6.45, 7) is 3.50. The number of likely N-dealkylation sites (N-methyl/N-ethyl adjacent to an activating group) is 1. The Kier molecular flexibility index (Phi) is 11.8. The van der Waals surface area contributed by atoms with Crippen LogP contribution in [0.3, 0.4) is 0 Å². The lowest BCUT2D eigenvalue weighted by molar-refractivity contribution is -0.127. The summed E-state index contributed by atoms with van der Waals surface area (Å²) in [4.78, 5) is 37.2. The summed E-state index contributed by atoms with van der Waals surface area (Å²) in [5, 5.41) is 6.82. The maximum absolute atomic E-state index is 13.1. The Hall–Kier alpha value is -2.27. The van der Waals surface area contributed by atoms with Crippen LogP contribution in [-0.2, 0) is 19.3 Å². The van der Waals surface area contributed by atoms with Crippen molar-refractivity contribution in [1.29, 1.82) is 0 Å². The molecule has 1 unspecified atom stereocenters. The van der Waals surface area contributed by atoms with Crippen molar-refractivity contribution in [3.8, 4) is 0 Å². The minimum Gasteiger partial charge on any atom is -0.382 e. The van der Waals surface area contributed by atoms with Gasteiger partial charge in [0.25, 0.3) is 5.91 Å². The molecule has 0 saturated heterocycles. The molecule has 1 atom stereocenters. The first-order valence-corrected chi connectivity index (χ1v) is 9.73. The van der Waals surface area contributed by atoms with Gasteiger partial charge in [-0.2, -0.15) is 0 Å². The number of nitrogens with one attached hydrogen (secondary N) is 3. The first kappa shape index (κ1) is 24.8. The van der Waals surface area contributed by atoms with Gasteiger partial charge in [0.05, 0.1) is 24.3 Å². The smallest absolute Gasteiger partial charge is 0.273 e. The maximum atomic E-state index is 13.1. The topological polar surface area (TPSA) is 121 Å². The van der Waals surface area contributed by atoms with Crippen molar-refractivity contribution in [3.05, 3.63) is 34.9 Å². The Labute approximate surface area is 176 Å². The number of allylic oxidation sites excluding steroid dienone is 2. The summed E-state index contributed by atoms with van der Waals surface area (Å²) < 4.78 is 0. The molecule has 1 heterocycles. The molecule has 0 aromatic heterocycles. The highest BCUT2D eigenvalue weighted by Gasteiger charge is 2.23. The van der Waals surface area contributed by atoms with Crippen LogP contribution < -0.4 is 22.0 Å². The summed E-state index contributed by atoms with van der Waals surface area (Å²) in [6, 6.07) is -0.0874. The van der Waals surface area contributed by atoms with E-state index >= 15 is 0 Å². The van der Waals surface area contributed by atoms with Gasteiger partial charge in [0, 0.05) is 33.4 Å². The molecule has 1 aliphatic rings. The van der Waals surface area contributed by atoms with E-state index in [9.17, 15) is 9.59 Å². The predicted molar refractivity (Wildman–Crippen MR) is 111 cm³/mol. The summed E-state index contributed by atoms with van der Waals surface area (Å²) in [5.41, 5.74) is 2.91. The molecular formula is C18H31ClN6O4. The number of dihydropyridines is 1. The fraction of sp³-hybridized carbons (Fsp3) is 0.556.